The average molecular weight is 469 g/mol. The van der Waals surface area contributed by atoms with Crippen LogP contribution in [0.3, 0.4) is 0 Å². The summed E-state index contributed by atoms with van der Waals surface area (Å²) in [6.07, 6.45) is -4.08. The molecule has 28 heavy (non-hydrogen) atoms. The Labute approximate surface area is 176 Å². The van der Waals surface area contributed by atoms with Crippen molar-refractivity contribution in [3.63, 3.8) is 0 Å². The van der Waals surface area contributed by atoms with Crippen LogP contribution in [0.25, 0.3) is 5.69 Å². The number of nitrogens with one attached hydrogen (secondary N) is 1. The molecule has 0 saturated carbocycles. The Kier molecular flexibility index (Phi) is 5.82. The summed E-state index contributed by atoms with van der Waals surface area (Å²) in [6, 6.07) is 8.03. The van der Waals surface area contributed by atoms with Crippen molar-refractivity contribution in [3.05, 3.63) is 73.9 Å². The summed E-state index contributed by atoms with van der Waals surface area (Å²) in [6.45, 7) is 0. The Morgan fingerprint density at radius 1 is 0.964 bits per heavy atom. The van der Waals surface area contributed by atoms with Gasteiger partial charge < -0.3 is 5.32 Å². The maximum Gasteiger partial charge on any atom is 0.434 e. The second-order valence-electron chi connectivity index (χ2n) is 5.50. The Bertz CT molecular complexity index is 1070. The van der Waals surface area contributed by atoms with Gasteiger partial charge in [0, 0.05) is 10.7 Å². The molecular formula is C17H8Cl4F3N3O. The molecule has 2 aromatic carbocycles. The number of aromatic nitrogens is 2. The standard InChI is InChI=1S/C17H8Cl4F3N3O/c18-8-1-4-14(13(21)5-8)27-15(17(22,23)24)10(7-25-27)16(28)26-9-2-3-11(19)12(20)6-9/h1-7H,(H,26,28). The predicted octanol–water partition coefficient (Wildman–Crippen LogP) is 6.76. The number of carbonyl (C=O) groups excluding carboxylic acids is 1. The molecule has 1 N–H and O–H groups in total. The summed E-state index contributed by atoms with van der Waals surface area (Å²) >= 11 is 23.4. The molecule has 4 nitrogen and oxygen atoms in total. The van der Waals surface area contributed by atoms with Crippen LogP contribution in [0.15, 0.2) is 42.6 Å². The molecule has 3 aromatic rings. The van der Waals surface area contributed by atoms with E-state index in [1.54, 1.807) is 0 Å². The first-order valence-electron chi connectivity index (χ1n) is 7.45. The smallest absolute Gasteiger partial charge is 0.322 e. The fourth-order valence-corrected chi connectivity index (χ4v) is 3.18. The van der Waals surface area contributed by atoms with Crippen molar-refractivity contribution >= 4 is 58.0 Å². The zero-order chi connectivity index (χ0) is 20.6. The van der Waals surface area contributed by atoms with E-state index >= 15 is 0 Å². The van der Waals surface area contributed by atoms with Gasteiger partial charge in [-0.25, -0.2) is 4.68 Å². The number of carbonyl (C=O) groups is 1. The maximum atomic E-state index is 13.7. The zero-order valence-electron chi connectivity index (χ0n) is 13.5. The number of rotatable bonds is 3. The van der Waals surface area contributed by atoms with Gasteiger partial charge in [-0.05, 0) is 36.4 Å². The van der Waals surface area contributed by atoms with E-state index < -0.39 is 23.3 Å². The van der Waals surface area contributed by atoms with Gasteiger partial charge in [0.1, 0.15) is 0 Å². The number of hydrogen-bond acceptors (Lipinski definition) is 2. The van der Waals surface area contributed by atoms with Gasteiger partial charge in [0.25, 0.3) is 5.91 Å². The molecule has 0 aliphatic heterocycles. The van der Waals surface area contributed by atoms with Gasteiger partial charge in [0.05, 0.1) is 32.5 Å². The Morgan fingerprint density at radius 3 is 2.29 bits per heavy atom. The van der Waals surface area contributed by atoms with Crippen LogP contribution in [0.1, 0.15) is 16.1 Å². The summed E-state index contributed by atoms with van der Waals surface area (Å²) in [5.41, 5.74) is -1.88. The molecule has 1 amide bonds. The van der Waals surface area contributed by atoms with Crippen molar-refractivity contribution < 1.29 is 18.0 Å². The molecule has 0 atom stereocenters. The average Bonchev–Trinajstić information content (AvgIpc) is 3.03. The van der Waals surface area contributed by atoms with Crippen LogP contribution in [0, 0.1) is 0 Å². The van der Waals surface area contributed by atoms with E-state index in [0.29, 0.717) is 4.68 Å². The summed E-state index contributed by atoms with van der Waals surface area (Å²) in [5.74, 6) is -1.03. The van der Waals surface area contributed by atoms with Gasteiger partial charge in [0.2, 0.25) is 0 Å². The normalized spacial score (nSPS) is 11.5. The lowest BCUT2D eigenvalue weighted by Crippen LogP contribution is -2.20. The van der Waals surface area contributed by atoms with E-state index in [4.69, 9.17) is 46.4 Å². The summed E-state index contributed by atoms with van der Waals surface area (Å²) in [4.78, 5) is 12.5. The first-order chi connectivity index (χ1) is 13.1. The lowest BCUT2D eigenvalue weighted by molar-refractivity contribution is -0.143. The van der Waals surface area contributed by atoms with Gasteiger partial charge >= 0.3 is 6.18 Å². The molecule has 1 heterocycles. The Hall–Kier alpha value is -1.93. The monoisotopic (exact) mass is 467 g/mol. The van der Waals surface area contributed by atoms with Crippen molar-refractivity contribution in [1.29, 1.82) is 0 Å². The third kappa shape index (κ3) is 4.22. The highest BCUT2D eigenvalue weighted by Gasteiger charge is 2.41. The minimum atomic E-state index is -4.89. The minimum absolute atomic E-state index is 0.0578. The van der Waals surface area contributed by atoms with Gasteiger partial charge in [0.15, 0.2) is 5.69 Å². The highest BCUT2D eigenvalue weighted by molar-refractivity contribution is 6.42. The van der Waals surface area contributed by atoms with Crippen molar-refractivity contribution in [2.24, 2.45) is 0 Å². The fourth-order valence-electron chi connectivity index (χ4n) is 2.40. The zero-order valence-corrected chi connectivity index (χ0v) is 16.5. The van der Waals surface area contributed by atoms with Crippen LogP contribution in [-0.4, -0.2) is 15.7 Å². The highest BCUT2D eigenvalue weighted by Crippen LogP contribution is 2.36. The van der Waals surface area contributed by atoms with Gasteiger partial charge in [-0.15, -0.1) is 0 Å². The third-order valence-electron chi connectivity index (χ3n) is 3.60. The van der Waals surface area contributed by atoms with E-state index in [2.05, 4.69) is 10.4 Å². The quantitative estimate of drug-likeness (QED) is 0.461. The molecule has 0 spiro atoms. The molecule has 0 fully saturated rings. The summed E-state index contributed by atoms with van der Waals surface area (Å²) in [5, 5.41) is 6.60. The largest absolute Gasteiger partial charge is 0.434 e. The number of amides is 1. The van der Waals surface area contributed by atoms with Crippen LogP contribution in [0.5, 0.6) is 0 Å². The number of anilines is 1. The Balaban J connectivity index is 2.05. The molecule has 0 radical (unpaired) electrons. The van der Waals surface area contributed by atoms with E-state index in [1.807, 2.05) is 0 Å². The van der Waals surface area contributed by atoms with Crippen molar-refractivity contribution in [2.75, 3.05) is 5.32 Å². The molecule has 0 aliphatic rings. The predicted molar refractivity (Wildman–Crippen MR) is 103 cm³/mol. The van der Waals surface area contributed by atoms with Crippen LogP contribution in [-0.2, 0) is 6.18 Å². The summed E-state index contributed by atoms with van der Waals surface area (Å²) < 4.78 is 41.7. The summed E-state index contributed by atoms with van der Waals surface area (Å²) in [7, 11) is 0. The lowest BCUT2D eigenvalue weighted by Gasteiger charge is -2.14. The number of hydrogen-bond donors (Lipinski definition) is 1. The van der Waals surface area contributed by atoms with Crippen LogP contribution < -0.4 is 5.32 Å². The fraction of sp³-hybridized carbons (Fsp3) is 0.0588. The van der Waals surface area contributed by atoms with Crippen LogP contribution in [0.4, 0.5) is 18.9 Å². The topological polar surface area (TPSA) is 46.9 Å². The maximum absolute atomic E-state index is 13.7. The number of alkyl halides is 3. The molecule has 1 aromatic heterocycles. The van der Waals surface area contributed by atoms with Crippen LogP contribution in [0.2, 0.25) is 20.1 Å². The van der Waals surface area contributed by atoms with Gasteiger partial charge in [-0.3, -0.25) is 4.79 Å². The molecule has 146 valence electrons. The first kappa shape index (κ1) is 20.8. The van der Waals surface area contributed by atoms with E-state index in [0.717, 1.165) is 6.20 Å². The third-order valence-corrected chi connectivity index (χ3v) is 4.87. The molecule has 0 saturated heterocycles. The minimum Gasteiger partial charge on any atom is -0.322 e. The number of halogens is 7. The molecule has 0 unspecified atom stereocenters. The molecule has 0 bridgehead atoms. The highest BCUT2D eigenvalue weighted by atomic mass is 35.5. The van der Waals surface area contributed by atoms with Crippen molar-refractivity contribution in [3.8, 4) is 5.69 Å². The number of nitrogens with zero attached hydrogens (tertiary/aromatic N) is 2. The van der Waals surface area contributed by atoms with E-state index in [9.17, 15) is 18.0 Å². The molecule has 3 rings (SSSR count). The molecule has 11 heteroatoms. The molecular weight excluding hydrogens is 461 g/mol. The van der Waals surface area contributed by atoms with Crippen molar-refractivity contribution in [2.45, 2.75) is 6.18 Å². The first-order valence-corrected chi connectivity index (χ1v) is 8.96. The van der Waals surface area contributed by atoms with E-state index in [1.165, 1.54) is 36.4 Å². The van der Waals surface area contributed by atoms with Gasteiger partial charge in [-0.1, -0.05) is 46.4 Å². The van der Waals surface area contributed by atoms with Crippen molar-refractivity contribution in [1.82, 2.24) is 9.78 Å². The second-order valence-corrected chi connectivity index (χ2v) is 7.15. The molecule has 0 aliphatic carbocycles. The van der Waals surface area contributed by atoms with Crippen LogP contribution >= 0.6 is 46.4 Å². The lowest BCUT2D eigenvalue weighted by atomic mass is 10.2. The second kappa shape index (κ2) is 7.83. The Morgan fingerprint density at radius 2 is 1.68 bits per heavy atom. The van der Waals surface area contributed by atoms with Gasteiger partial charge in [-0.2, -0.15) is 18.3 Å². The SMILES string of the molecule is O=C(Nc1ccc(Cl)c(Cl)c1)c1cnn(-c2ccc(Cl)cc2Cl)c1C(F)(F)F. The van der Waals surface area contributed by atoms with E-state index in [-0.39, 0.29) is 31.5 Å². The number of benzene rings is 2.